The van der Waals surface area contributed by atoms with Crippen LogP contribution in [0, 0.1) is 16.0 Å². The van der Waals surface area contributed by atoms with Gasteiger partial charge in [0.15, 0.2) is 0 Å². The first-order valence-corrected chi connectivity index (χ1v) is 14.3. The van der Waals surface area contributed by atoms with Gasteiger partial charge in [0, 0.05) is 38.8 Å². The molecule has 0 saturated carbocycles. The average Bonchev–Trinajstić information content (AvgIpc) is 3.43. The van der Waals surface area contributed by atoms with E-state index in [9.17, 15) is 24.5 Å². The van der Waals surface area contributed by atoms with Crippen LogP contribution in [-0.4, -0.2) is 71.7 Å². The molecule has 3 rings (SSSR count). The van der Waals surface area contributed by atoms with Gasteiger partial charge in [0.25, 0.3) is 5.69 Å². The molecule has 4 atom stereocenters. The molecule has 1 heterocycles. The molecular weight excluding hydrogens is 540 g/mol. The zero-order valence-corrected chi connectivity index (χ0v) is 25.0. The monoisotopic (exact) mass is 582 g/mol. The van der Waals surface area contributed by atoms with E-state index in [-0.39, 0.29) is 24.1 Å². The summed E-state index contributed by atoms with van der Waals surface area (Å²) in [6.45, 7) is 7.99. The van der Waals surface area contributed by atoms with Crippen LogP contribution in [0.4, 0.5) is 10.5 Å². The Balaban J connectivity index is 1.73. The van der Waals surface area contributed by atoms with Gasteiger partial charge in [-0.25, -0.2) is 4.79 Å². The Morgan fingerprint density at radius 2 is 1.71 bits per heavy atom. The number of non-ortho nitro benzene ring substituents is 1. The van der Waals surface area contributed by atoms with Gasteiger partial charge in [-0.15, -0.1) is 0 Å². The summed E-state index contributed by atoms with van der Waals surface area (Å²) in [5, 5.41) is 16.9. The fraction of sp³-hybridized carbons (Fsp3) is 0.516. The molecule has 0 aromatic heterocycles. The van der Waals surface area contributed by atoms with Gasteiger partial charge in [-0.3, -0.25) is 19.7 Å². The number of nitro groups is 1. The lowest BCUT2D eigenvalue weighted by molar-refractivity contribution is -0.384. The summed E-state index contributed by atoms with van der Waals surface area (Å²) in [5.74, 6) is -1.46. The van der Waals surface area contributed by atoms with Gasteiger partial charge in [-0.05, 0) is 51.2 Å². The van der Waals surface area contributed by atoms with E-state index in [4.69, 9.17) is 9.47 Å². The Hall–Kier alpha value is -3.99. The predicted octanol–water partition coefficient (Wildman–Crippen LogP) is 4.03. The molecule has 0 radical (unpaired) electrons. The number of ether oxygens (including phenoxy) is 2. The maximum absolute atomic E-state index is 13.6. The summed E-state index contributed by atoms with van der Waals surface area (Å²) in [5.41, 5.74) is 1.01. The average molecular weight is 583 g/mol. The van der Waals surface area contributed by atoms with Crippen LogP contribution >= 0.6 is 0 Å². The van der Waals surface area contributed by atoms with E-state index in [2.05, 4.69) is 10.6 Å². The van der Waals surface area contributed by atoms with Crippen LogP contribution in [0.15, 0.2) is 54.6 Å². The Bertz CT molecular complexity index is 1210. The van der Waals surface area contributed by atoms with E-state index >= 15 is 0 Å². The van der Waals surface area contributed by atoms with Gasteiger partial charge >= 0.3 is 6.09 Å². The lowest BCUT2D eigenvalue weighted by atomic mass is 9.94. The lowest BCUT2D eigenvalue weighted by Crippen LogP contribution is -2.54. The fourth-order valence-electron chi connectivity index (χ4n) is 5.12. The largest absolute Gasteiger partial charge is 0.444 e. The highest BCUT2D eigenvalue weighted by molar-refractivity contribution is 5.89. The number of likely N-dealkylation sites (tertiary alicyclic amines) is 1. The van der Waals surface area contributed by atoms with Crippen molar-refractivity contribution in [2.24, 2.45) is 5.92 Å². The summed E-state index contributed by atoms with van der Waals surface area (Å²) < 4.78 is 11.3. The number of nitrogens with one attached hydrogen (secondary N) is 2. The SMILES string of the molecule is CO[C@H]([C@@H](C)C(=O)NC(Cc1ccc([N+](=O)[O-])cc1)C(=O)NCCc1ccccc1)[C@@H]1CCCN1C(=O)OC(C)(C)C. The van der Waals surface area contributed by atoms with Crippen molar-refractivity contribution < 1.29 is 28.8 Å². The van der Waals surface area contributed by atoms with Gasteiger partial charge in [0.2, 0.25) is 11.8 Å². The number of hydrogen-bond acceptors (Lipinski definition) is 7. The number of hydrogen-bond donors (Lipinski definition) is 2. The smallest absolute Gasteiger partial charge is 0.410 e. The van der Waals surface area contributed by atoms with Crippen molar-refractivity contribution in [2.45, 2.75) is 77.2 Å². The molecular formula is C31H42N4O7. The maximum atomic E-state index is 13.6. The first-order chi connectivity index (χ1) is 19.9. The predicted molar refractivity (Wildman–Crippen MR) is 158 cm³/mol. The summed E-state index contributed by atoms with van der Waals surface area (Å²) >= 11 is 0. The molecule has 42 heavy (non-hydrogen) atoms. The number of methoxy groups -OCH3 is 1. The molecule has 228 valence electrons. The van der Waals surface area contributed by atoms with Gasteiger partial charge in [0.05, 0.1) is 23.0 Å². The zero-order valence-electron chi connectivity index (χ0n) is 25.0. The molecule has 0 aliphatic carbocycles. The van der Waals surface area contributed by atoms with E-state index in [1.54, 1.807) is 44.7 Å². The van der Waals surface area contributed by atoms with Crippen molar-refractivity contribution in [3.63, 3.8) is 0 Å². The van der Waals surface area contributed by atoms with Gasteiger partial charge < -0.3 is 25.0 Å². The van der Waals surface area contributed by atoms with Crippen molar-refractivity contribution in [1.29, 1.82) is 0 Å². The van der Waals surface area contributed by atoms with Gasteiger partial charge in [-0.2, -0.15) is 0 Å². The van der Waals surface area contributed by atoms with Crippen LogP contribution in [0.5, 0.6) is 0 Å². The Labute approximate surface area is 247 Å². The molecule has 11 heteroatoms. The molecule has 1 fully saturated rings. The zero-order chi connectivity index (χ0) is 30.9. The van der Waals surface area contributed by atoms with Crippen molar-refractivity contribution in [1.82, 2.24) is 15.5 Å². The molecule has 1 aliphatic heterocycles. The minimum atomic E-state index is -0.930. The number of nitrogens with zero attached hydrogens (tertiary/aromatic N) is 2. The highest BCUT2D eigenvalue weighted by Crippen LogP contribution is 2.28. The molecule has 3 amide bonds. The summed E-state index contributed by atoms with van der Waals surface area (Å²) in [4.78, 5) is 51.9. The summed E-state index contributed by atoms with van der Waals surface area (Å²) in [7, 11) is 1.50. The third kappa shape index (κ3) is 9.27. The molecule has 1 saturated heterocycles. The lowest BCUT2D eigenvalue weighted by Gasteiger charge is -2.35. The summed E-state index contributed by atoms with van der Waals surface area (Å²) in [6, 6.07) is 14.3. The van der Waals surface area contributed by atoms with E-state index in [0.717, 1.165) is 12.0 Å². The van der Waals surface area contributed by atoms with Gasteiger partial charge in [0.1, 0.15) is 11.6 Å². The Morgan fingerprint density at radius 1 is 1.05 bits per heavy atom. The molecule has 0 spiro atoms. The summed E-state index contributed by atoms with van der Waals surface area (Å²) in [6.07, 6.45) is 1.09. The van der Waals surface area contributed by atoms with E-state index < -0.39 is 40.6 Å². The maximum Gasteiger partial charge on any atom is 0.410 e. The molecule has 2 aromatic rings. The van der Waals surface area contributed by atoms with Crippen LogP contribution in [0.2, 0.25) is 0 Å². The van der Waals surface area contributed by atoms with Crippen LogP contribution in [0.25, 0.3) is 0 Å². The van der Waals surface area contributed by atoms with Crippen LogP contribution in [-0.2, 0) is 31.9 Å². The first-order valence-electron chi connectivity index (χ1n) is 14.3. The third-order valence-corrected chi connectivity index (χ3v) is 7.26. The minimum Gasteiger partial charge on any atom is -0.444 e. The van der Waals surface area contributed by atoms with Crippen molar-refractivity contribution >= 4 is 23.6 Å². The fourth-order valence-corrected chi connectivity index (χ4v) is 5.12. The van der Waals surface area contributed by atoms with Crippen LogP contribution in [0.3, 0.4) is 0 Å². The number of nitro benzene ring substituents is 1. The number of carbonyl (C=O) groups excluding carboxylic acids is 3. The topological polar surface area (TPSA) is 140 Å². The second-order valence-electron chi connectivity index (χ2n) is 11.6. The van der Waals surface area contributed by atoms with Crippen molar-refractivity contribution in [3.8, 4) is 0 Å². The van der Waals surface area contributed by atoms with Crippen LogP contribution in [0.1, 0.15) is 51.7 Å². The Kier molecular flexibility index (Phi) is 11.4. The number of carbonyl (C=O) groups is 3. The molecule has 1 unspecified atom stereocenters. The van der Waals surface area contributed by atoms with E-state index in [1.807, 2.05) is 30.3 Å². The van der Waals surface area contributed by atoms with E-state index in [0.29, 0.717) is 31.5 Å². The quantitative estimate of drug-likeness (QED) is 0.284. The molecule has 0 bridgehead atoms. The highest BCUT2D eigenvalue weighted by atomic mass is 16.6. The van der Waals surface area contributed by atoms with E-state index in [1.165, 1.54) is 19.2 Å². The third-order valence-electron chi connectivity index (χ3n) is 7.26. The normalized spacial score (nSPS) is 17.2. The second-order valence-corrected chi connectivity index (χ2v) is 11.6. The van der Waals surface area contributed by atoms with Crippen molar-refractivity contribution in [2.75, 3.05) is 20.2 Å². The number of amides is 3. The first kappa shape index (κ1) is 32.5. The minimum absolute atomic E-state index is 0.0608. The van der Waals surface area contributed by atoms with Crippen LogP contribution < -0.4 is 10.6 Å². The number of benzene rings is 2. The molecule has 11 nitrogen and oxygen atoms in total. The molecule has 2 N–H and O–H groups in total. The van der Waals surface area contributed by atoms with Crippen molar-refractivity contribution in [3.05, 3.63) is 75.8 Å². The highest BCUT2D eigenvalue weighted by Gasteiger charge is 2.41. The number of rotatable bonds is 12. The second kappa shape index (κ2) is 14.8. The standard InChI is InChI=1S/C31H42N4O7/c1-21(27(41-5)26-12-9-19-34(26)30(38)42-31(2,3)4)28(36)33-25(20-23-13-15-24(16-14-23)35(39)40)29(37)32-18-17-22-10-7-6-8-11-22/h6-8,10-11,13-16,21,25-27H,9,12,17-20H2,1-5H3,(H,32,37)(H,33,36)/t21-,25?,26+,27-/m1/s1. The molecule has 2 aromatic carbocycles. The Morgan fingerprint density at radius 3 is 2.31 bits per heavy atom. The van der Waals surface area contributed by atoms with Gasteiger partial charge in [-0.1, -0.05) is 49.4 Å². The molecule has 1 aliphatic rings.